The van der Waals surface area contributed by atoms with Crippen LogP contribution in [0.3, 0.4) is 0 Å². The van der Waals surface area contributed by atoms with Crippen molar-refractivity contribution in [1.82, 2.24) is 10.2 Å². The van der Waals surface area contributed by atoms with Crippen LogP contribution in [-0.2, 0) is 17.8 Å². The highest BCUT2D eigenvalue weighted by atomic mass is 32.1. The summed E-state index contributed by atoms with van der Waals surface area (Å²) < 4.78 is 5.06. The first kappa shape index (κ1) is 13.4. The Kier molecular flexibility index (Phi) is 4.43. The summed E-state index contributed by atoms with van der Waals surface area (Å²) in [6, 6.07) is 7.34. The summed E-state index contributed by atoms with van der Waals surface area (Å²) in [6.45, 7) is 0.325. The zero-order valence-corrected chi connectivity index (χ0v) is 11.2. The molecule has 2 rings (SSSR count). The predicted octanol–water partition coefficient (Wildman–Crippen LogP) is 1.19. The molecule has 0 atom stereocenters. The summed E-state index contributed by atoms with van der Waals surface area (Å²) in [7, 11) is 1.60. The van der Waals surface area contributed by atoms with Crippen LogP contribution >= 0.6 is 11.3 Å². The summed E-state index contributed by atoms with van der Waals surface area (Å²) in [5, 5.41) is 11.5. The number of rotatable bonds is 5. The van der Waals surface area contributed by atoms with Crippen molar-refractivity contribution in [3.8, 4) is 5.75 Å². The molecule has 1 amide bonds. The molecule has 0 radical (unpaired) electrons. The first-order chi connectivity index (χ1) is 9.21. The van der Waals surface area contributed by atoms with Crippen LogP contribution in [0.15, 0.2) is 24.3 Å². The van der Waals surface area contributed by atoms with Crippen molar-refractivity contribution >= 4 is 22.4 Å². The highest BCUT2D eigenvalue weighted by molar-refractivity contribution is 7.15. The molecule has 0 aliphatic carbocycles. The number of amides is 1. The second-order valence-electron chi connectivity index (χ2n) is 3.78. The molecule has 0 fully saturated rings. The zero-order valence-electron chi connectivity index (χ0n) is 10.4. The molecule has 1 heterocycles. The van der Waals surface area contributed by atoms with Crippen LogP contribution in [0.2, 0.25) is 0 Å². The van der Waals surface area contributed by atoms with E-state index in [4.69, 9.17) is 10.5 Å². The van der Waals surface area contributed by atoms with Crippen molar-refractivity contribution in [2.24, 2.45) is 5.73 Å². The van der Waals surface area contributed by atoms with E-state index in [1.165, 1.54) is 11.3 Å². The number of nitrogens with two attached hydrogens (primary N) is 1. The highest BCUT2D eigenvalue weighted by Crippen LogP contribution is 2.15. The lowest BCUT2D eigenvalue weighted by Gasteiger charge is -2.03. The van der Waals surface area contributed by atoms with Gasteiger partial charge in [0, 0.05) is 6.54 Å². The molecule has 6 nitrogen and oxygen atoms in total. The van der Waals surface area contributed by atoms with E-state index in [0.29, 0.717) is 16.7 Å². The van der Waals surface area contributed by atoms with E-state index in [1.807, 2.05) is 24.3 Å². The number of carbonyl (C=O) groups is 1. The summed E-state index contributed by atoms with van der Waals surface area (Å²) in [5.41, 5.74) is 6.33. The number of aromatic nitrogens is 2. The summed E-state index contributed by atoms with van der Waals surface area (Å²) >= 11 is 1.28. The van der Waals surface area contributed by atoms with Crippen molar-refractivity contribution in [3.05, 3.63) is 34.8 Å². The van der Waals surface area contributed by atoms with Gasteiger partial charge < -0.3 is 15.8 Å². The van der Waals surface area contributed by atoms with Gasteiger partial charge in [0.15, 0.2) is 0 Å². The molecule has 0 aliphatic heterocycles. The Morgan fingerprint density at radius 1 is 1.37 bits per heavy atom. The van der Waals surface area contributed by atoms with Crippen LogP contribution in [0.4, 0.5) is 5.13 Å². The van der Waals surface area contributed by atoms with Crippen molar-refractivity contribution in [2.75, 3.05) is 12.4 Å². The van der Waals surface area contributed by atoms with Gasteiger partial charge in [-0.1, -0.05) is 23.5 Å². The van der Waals surface area contributed by atoms with Crippen LogP contribution in [0, 0.1) is 0 Å². The largest absolute Gasteiger partial charge is 0.497 e. The normalized spacial score (nSPS) is 10.2. The minimum Gasteiger partial charge on any atom is -0.497 e. The molecule has 0 spiro atoms. The van der Waals surface area contributed by atoms with E-state index in [2.05, 4.69) is 15.5 Å². The Morgan fingerprint density at radius 3 is 2.68 bits per heavy atom. The Hall–Kier alpha value is -1.99. The van der Waals surface area contributed by atoms with Gasteiger partial charge in [0.2, 0.25) is 11.0 Å². The summed E-state index contributed by atoms with van der Waals surface area (Å²) in [5.74, 6) is 0.630. The molecule has 0 saturated heterocycles. The number of benzene rings is 1. The lowest BCUT2D eigenvalue weighted by molar-refractivity contribution is -0.115. The van der Waals surface area contributed by atoms with Gasteiger partial charge in [0.1, 0.15) is 10.8 Å². The van der Waals surface area contributed by atoms with E-state index in [9.17, 15) is 4.79 Å². The van der Waals surface area contributed by atoms with Crippen molar-refractivity contribution in [2.45, 2.75) is 13.0 Å². The third-order valence-corrected chi connectivity index (χ3v) is 3.27. The van der Waals surface area contributed by atoms with E-state index in [1.54, 1.807) is 7.11 Å². The average Bonchev–Trinajstić information content (AvgIpc) is 2.87. The monoisotopic (exact) mass is 278 g/mol. The Labute approximate surface area is 114 Å². The fourth-order valence-corrected chi connectivity index (χ4v) is 2.11. The van der Waals surface area contributed by atoms with Crippen molar-refractivity contribution in [3.63, 3.8) is 0 Å². The van der Waals surface area contributed by atoms with Crippen LogP contribution in [0.1, 0.15) is 10.6 Å². The molecule has 7 heteroatoms. The molecule has 100 valence electrons. The van der Waals surface area contributed by atoms with Crippen LogP contribution < -0.4 is 15.8 Å². The van der Waals surface area contributed by atoms with Crippen molar-refractivity contribution in [1.29, 1.82) is 0 Å². The van der Waals surface area contributed by atoms with Crippen LogP contribution in [-0.4, -0.2) is 23.2 Å². The predicted molar refractivity (Wildman–Crippen MR) is 73.1 cm³/mol. The summed E-state index contributed by atoms with van der Waals surface area (Å²) in [6.07, 6.45) is 0.279. The molecule has 0 unspecified atom stereocenters. The molecule has 3 N–H and O–H groups in total. The van der Waals surface area contributed by atoms with Gasteiger partial charge in [-0.2, -0.15) is 0 Å². The lowest BCUT2D eigenvalue weighted by Crippen LogP contribution is -2.14. The maximum Gasteiger partial charge on any atom is 0.230 e. The zero-order chi connectivity index (χ0) is 13.7. The quantitative estimate of drug-likeness (QED) is 0.857. The number of nitrogens with one attached hydrogen (secondary N) is 1. The van der Waals surface area contributed by atoms with Crippen molar-refractivity contribution < 1.29 is 9.53 Å². The maximum atomic E-state index is 11.8. The van der Waals surface area contributed by atoms with Gasteiger partial charge in [0.05, 0.1) is 13.5 Å². The number of carbonyl (C=O) groups excluding carboxylic acids is 1. The molecule has 0 aliphatic rings. The molecule has 0 bridgehead atoms. The average molecular weight is 278 g/mol. The fraction of sp³-hybridized carbons (Fsp3) is 0.250. The Bertz CT molecular complexity index is 553. The van der Waals surface area contributed by atoms with Gasteiger partial charge in [-0.15, -0.1) is 10.2 Å². The van der Waals surface area contributed by atoms with Gasteiger partial charge in [-0.3, -0.25) is 4.79 Å². The van der Waals surface area contributed by atoms with Gasteiger partial charge >= 0.3 is 0 Å². The van der Waals surface area contributed by atoms with Gasteiger partial charge in [0.25, 0.3) is 0 Å². The third kappa shape index (κ3) is 3.73. The molecule has 0 saturated carbocycles. The summed E-state index contributed by atoms with van der Waals surface area (Å²) in [4.78, 5) is 11.8. The number of hydrogen-bond donors (Lipinski definition) is 2. The molecular weight excluding hydrogens is 264 g/mol. The standard InChI is InChI=1S/C12H14N4O2S/c1-18-9-4-2-8(3-5-9)6-10(17)14-12-16-15-11(7-13)19-12/h2-5H,6-7,13H2,1H3,(H,14,16,17). The number of anilines is 1. The van der Waals surface area contributed by atoms with Crippen LogP contribution in [0.25, 0.3) is 0 Å². The number of nitrogens with zero attached hydrogens (tertiary/aromatic N) is 2. The number of methoxy groups -OCH3 is 1. The maximum absolute atomic E-state index is 11.8. The smallest absolute Gasteiger partial charge is 0.230 e. The molecular formula is C12H14N4O2S. The second kappa shape index (κ2) is 6.26. The Balaban J connectivity index is 1.93. The molecule has 2 aromatic rings. The molecule has 19 heavy (non-hydrogen) atoms. The van der Waals surface area contributed by atoms with E-state index in [-0.39, 0.29) is 12.3 Å². The SMILES string of the molecule is COc1ccc(CC(=O)Nc2nnc(CN)s2)cc1. The molecule has 1 aromatic heterocycles. The lowest BCUT2D eigenvalue weighted by atomic mass is 10.1. The molecule has 1 aromatic carbocycles. The van der Waals surface area contributed by atoms with E-state index >= 15 is 0 Å². The third-order valence-electron chi connectivity index (χ3n) is 2.41. The van der Waals surface area contributed by atoms with Gasteiger partial charge in [-0.05, 0) is 17.7 Å². The highest BCUT2D eigenvalue weighted by Gasteiger charge is 2.08. The first-order valence-electron chi connectivity index (χ1n) is 5.66. The minimum atomic E-state index is -0.134. The minimum absolute atomic E-state index is 0.134. The number of hydrogen-bond acceptors (Lipinski definition) is 6. The fourth-order valence-electron chi connectivity index (χ4n) is 1.48. The number of ether oxygens (including phenoxy) is 1. The van der Waals surface area contributed by atoms with E-state index < -0.39 is 0 Å². The first-order valence-corrected chi connectivity index (χ1v) is 6.48. The van der Waals surface area contributed by atoms with E-state index in [0.717, 1.165) is 11.3 Å². The topological polar surface area (TPSA) is 90.1 Å². The Morgan fingerprint density at radius 2 is 2.11 bits per heavy atom. The van der Waals surface area contributed by atoms with Gasteiger partial charge in [-0.25, -0.2) is 0 Å². The second-order valence-corrected chi connectivity index (χ2v) is 4.84. The van der Waals surface area contributed by atoms with Crippen LogP contribution in [0.5, 0.6) is 5.75 Å².